The summed E-state index contributed by atoms with van der Waals surface area (Å²) in [6, 6.07) is 15.2. The second-order valence-corrected chi connectivity index (χ2v) is 8.59. The van der Waals surface area contributed by atoms with Gasteiger partial charge in [0.05, 0.1) is 6.61 Å². The van der Waals surface area contributed by atoms with Crippen LogP contribution in [0.2, 0.25) is 0 Å². The molecule has 1 amide bonds. The summed E-state index contributed by atoms with van der Waals surface area (Å²) < 4.78 is 23.1. The van der Waals surface area contributed by atoms with Gasteiger partial charge in [-0.25, -0.2) is 9.10 Å². The van der Waals surface area contributed by atoms with Crippen LogP contribution in [0, 0.1) is 0 Å². The van der Waals surface area contributed by atoms with Crippen molar-refractivity contribution in [3.8, 4) is 11.5 Å². The molecule has 0 saturated heterocycles. The number of rotatable bonds is 7. The van der Waals surface area contributed by atoms with Crippen LogP contribution in [-0.2, 0) is 11.2 Å². The molecule has 0 fully saturated rings. The van der Waals surface area contributed by atoms with Crippen LogP contribution in [0.15, 0.2) is 52.9 Å². The molecule has 3 rings (SSSR count). The quantitative estimate of drug-likeness (QED) is 0.247. The van der Waals surface area contributed by atoms with E-state index in [2.05, 4.69) is 11.3 Å². The summed E-state index contributed by atoms with van der Waals surface area (Å²) in [6.45, 7) is 6.70. The van der Waals surface area contributed by atoms with E-state index in [0.29, 0.717) is 24.0 Å². The number of hydrogen-bond acceptors (Lipinski definition) is 6. The maximum atomic E-state index is 12.6. The molecule has 0 atom stereocenters. The standard InChI is InChI=1S/C23H28N2O4S/c1-5-6-15-27-21(17-11-8-7-9-12-17)24-30-25(4)22(26)28-19-14-10-13-18-16-23(2,3)29-20(18)19/h7-14H,5-6,15-16H2,1-4H3. The van der Waals surface area contributed by atoms with Crippen molar-refractivity contribution in [1.82, 2.24) is 4.31 Å². The molecule has 0 radical (unpaired) electrons. The SMILES string of the molecule is CCCCOC(=NSN(C)C(=O)Oc1cccc2c1OC(C)(C)C2)c1ccccc1. The van der Waals surface area contributed by atoms with Crippen LogP contribution in [-0.4, -0.2) is 35.6 Å². The van der Waals surface area contributed by atoms with Gasteiger partial charge in [-0.15, -0.1) is 0 Å². The van der Waals surface area contributed by atoms with E-state index in [1.807, 2.05) is 56.3 Å². The molecule has 30 heavy (non-hydrogen) atoms. The number of nitrogens with zero attached hydrogens (tertiary/aromatic N) is 2. The molecule has 0 aliphatic carbocycles. The van der Waals surface area contributed by atoms with Crippen LogP contribution in [0.3, 0.4) is 0 Å². The number of benzene rings is 2. The maximum Gasteiger partial charge on any atom is 0.426 e. The molecule has 0 N–H and O–H groups in total. The molecular formula is C23H28N2O4S. The maximum absolute atomic E-state index is 12.6. The van der Waals surface area contributed by atoms with E-state index in [1.54, 1.807) is 13.1 Å². The molecule has 6 nitrogen and oxygen atoms in total. The number of amides is 1. The van der Waals surface area contributed by atoms with Crippen LogP contribution in [0.1, 0.15) is 44.7 Å². The van der Waals surface area contributed by atoms with E-state index in [4.69, 9.17) is 14.2 Å². The number of carbonyl (C=O) groups is 1. The van der Waals surface area contributed by atoms with Gasteiger partial charge in [-0.05, 0) is 38.5 Å². The average molecular weight is 429 g/mol. The van der Waals surface area contributed by atoms with E-state index < -0.39 is 6.09 Å². The Morgan fingerprint density at radius 1 is 1.20 bits per heavy atom. The van der Waals surface area contributed by atoms with Gasteiger partial charge in [0.2, 0.25) is 5.90 Å². The number of fused-ring (bicyclic) bond motifs is 1. The Kier molecular flexibility index (Phi) is 7.26. The first-order valence-electron chi connectivity index (χ1n) is 10.1. The summed E-state index contributed by atoms with van der Waals surface area (Å²) in [5.74, 6) is 1.53. The first-order valence-corrected chi connectivity index (χ1v) is 10.8. The molecule has 2 aromatic rings. The van der Waals surface area contributed by atoms with Crippen LogP contribution in [0.5, 0.6) is 11.5 Å². The van der Waals surface area contributed by atoms with E-state index in [9.17, 15) is 4.79 Å². The molecule has 0 bridgehead atoms. The number of para-hydroxylation sites is 1. The topological polar surface area (TPSA) is 60.4 Å². The van der Waals surface area contributed by atoms with Crippen LogP contribution < -0.4 is 9.47 Å². The average Bonchev–Trinajstić information content (AvgIpc) is 3.06. The van der Waals surface area contributed by atoms with Gasteiger partial charge in [0.25, 0.3) is 0 Å². The smallest absolute Gasteiger partial charge is 0.426 e. The highest BCUT2D eigenvalue weighted by Crippen LogP contribution is 2.42. The molecule has 0 spiro atoms. The summed E-state index contributed by atoms with van der Waals surface area (Å²) in [7, 11) is 1.61. The first-order chi connectivity index (χ1) is 14.4. The van der Waals surface area contributed by atoms with Crippen molar-refractivity contribution in [1.29, 1.82) is 0 Å². The number of unbranched alkanes of at least 4 members (excludes halogenated alkanes) is 1. The minimum Gasteiger partial charge on any atom is -0.483 e. The highest BCUT2D eigenvalue weighted by molar-refractivity contribution is 7.96. The van der Waals surface area contributed by atoms with Gasteiger partial charge >= 0.3 is 6.09 Å². The van der Waals surface area contributed by atoms with Crippen LogP contribution in [0.25, 0.3) is 0 Å². The van der Waals surface area contributed by atoms with Crippen LogP contribution in [0.4, 0.5) is 4.79 Å². The highest BCUT2D eigenvalue weighted by atomic mass is 32.2. The largest absolute Gasteiger partial charge is 0.483 e. The highest BCUT2D eigenvalue weighted by Gasteiger charge is 2.33. The van der Waals surface area contributed by atoms with Crippen molar-refractivity contribution in [2.75, 3.05) is 13.7 Å². The fourth-order valence-corrected chi connectivity index (χ4v) is 3.47. The summed E-state index contributed by atoms with van der Waals surface area (Å²) in [5.41, 5.74) is 1.59. The molecule has 0 unspecified atom stereocenters. The molecule has 7 heteroatoms. The van der Waals surface area contributed by atoms with Gasteiger partial charge in [0.1, 0.15) is 17.7 Å². The lowest BCUT2D eigenvalue weighted by Gasteiger charge is -2.19. The molecule has 2 aromatic carbocycles. The Bertz CT molecular complexity index is 899. The van der Waals surface area contributed by atoms with Gasteiger partial charge in [0, 0.05) is 24.6 Å². The Morgan fingerprint density at radius 3 is 2.70 bits per heavy atom. The minimum absolute atomic E-state index is 0.309. The van der Waals surface area contributed by atoms with E-state index in [-0.39, 0.29) is 5.60 Å². The van der Waals surface area contributed by atoms with Crippen molar-refractivity contribution in [2.24, 2.45) is 4.40 Å². The summed E-state index contributed by atoms with van der Waals surface area (Å²) in [6.07, 6.45) is 2.20. The van der Waals surface area contributed by atoms with Crippen LogP contribution >= 0.6 is 12.1 Å². The monoisotopic (exact) mass is 428 g/mol. The molecule has 1 aliphatic rings. The summed E-state index contributed by atoms with van der Waals surface area (Å²) in [4.78, 5) is 12.6. The predicted molar refractivity (Wildman–Crippen MR) is 120 cm³/mol. The fourth-order valence-electron chi connectivity index (χ4n) is 3.01. The zero-order valence-electron chi connectivity index (χ0n) is 17.9. The van der Waals surface area contributed by atoms with Crippen molar-refractivity contribution in [2.45, 2.75) is 45.6 Å². The minimum atomic E-state index is -0.536. The van der Waals surface area contributed by atoms with Gasteiger partial charge in [-0.2, -0.15) is 4.40 Å². The van der Waals surface area contributed by atoms with E-state index in [1.165, 1.54) is 4.31 Å². The third kappa shape index (κ3) is 5.69. The Hall–Kier alpha value is -2.67. The van der Waals surface area contributed by atoms with Crippen molar-refractivity contribution < 1.29 is 19.0 Å². The summed E-state index contributed by atoms with van der Waals surface area (Å²) >= 11 is 0.979. The lowest BCUT2D eigenvalue weighted by atomic mass is 10.0. The molecule has 1 aliphatic heterocycles. The van der Waals surface area contributed by atoms with Gasteiger partial charge in [-0.1, -0.05) is 43.7 Å². The zero-order valence-corrected chi connectivity index (χ0v) is 18.7. The predicted octanol–water partition coefficient (Wildman–Crippen LogP) is 5.66. The third-order valence-corrected chi connectivity index (χ3v) is 5.15. The normalized spacial score (nSPS) is 14.6. The van der Waals surface area contributed by atoms with E-state index >= 15 is 0 Å². The third-order valence-electron chi connectivity index (χ3n) is 4.51. The van der Waals surface area contributed by atoms with Gasteiger partial charge in [0.15, 0.2) is 11.5 Å². The first kappa shape index (κ1) is 22.0. The molecular weight excluding hydrogens is 400 g/mol. The molecule has 160 valence electrons. The Balaban J connectivity index is 1.67. The Morgan fingerprint density at radius 2 is 1.97 bits per heavy atom. The van der Waals surface area contributed by atoms with Crippen molar-refractivity contribution >= 4 is 24.1 Å². The molecule has 0 saturated carbocycles. The van der Waals surface area contributed by atoms with E-state index in [0.717, 1.165) is 42.5 Å². The second kappa shape index (κ2) is 9.89. The second-order valence-electron chi connectivity index (χ2n) is 7.69. The molecule has 0 aromatic heterocycles. The lowest BCUT2D eigenvalue weighted by Crippen LogP contribution is -2.25. The number of ether oxygens (including phenoxy) is 3. The van der Waals surface area contributed by atoms with Crippen molar-refractivity contribution in [3.05, 3.63) is 59.7 Å². The fraction of sp³-hybridized carbons (Fsp3) is 0.391. The lowest BCUT2D eigenvalue weighted by molar-refractivity contribution is 0.132. The number of hydrogen-bond donors (Lipinski definition) is 0. The molecule has 1 heterocycles. The summed E-state index contributed by atoms with van der Waals surface area (Å²) in [5, 5.41) is 0. The van der Waals surface area contributed by atoms with Gasteiger partial charge in [-0.3, -0.25) is 0 Å². The zero-order chi connectivity index (χ0) is 21.6. The van der Waals surface area contributed by atoms with Crippen molar-refractivity contribution in [3.63, 3.8) is 0 Å². The van der Waals surface area contributed by atoms with Gasteiger partial charge < -0.3 is 14.2 Å². The number of carbonyl (C=O) groups excluding carboxylic acids is 1. The Labute approximate surface area is 182 Å².